The first-order valence-electron chi connectivity index (χ1n) is 8.04. The second-order valence-electron chi connectivity index (χ2n) is 5.52. The molecule has 0 aliphatic rings. The van der Waals surface area contributed by atoms with Gasteiger partial charge in [-0.2, -0.15) is 5.10 Å². The number of phenolic OH excluding ortho intramolecular Hbond substituents is 1. The van der Waals surface area contributed by atoms with Gasteiger partial charge in [-0.25, -0.2) is 5.43 Å². The first-order valence-corrected chi connectivity index (χ1v) is 8.04. The molecule has 0 atom stereocenters. The number of nitrogens with one attached hydrogen (secondary N) is 1. The molecule has 0 saturated carbocycles. The minimum absolute atomic E-state index is 0.0996. The molecular formula is C20H22N2O3. The number of benzene rings is 2. The number of hydrogen-bond donors (Lipinski definition) is 2. The molecule has 0 bridgehead atoms. The number of aryl methyl sites for hydroxylation is 1. The number of aromatic hydroxyl groups is 1. The van der Waals surface area contributed by atoms with Crippen molar-refractivity contribution in [2.75, 3.05) is 6.61 Å². The molecule has 0 aromatic heterocycles. The Hall–Kier alpha value is -3.08. The number of amides is 1. The summed E-state index contributed by atoms with van der Waals surface area (Å²) in [5.41, 5.74) is 5.51. The number of rotatable bonds is 7. The molecular weight excluding hydrogens is 316 g/mol. The van der Waals surface area contributed by atoms with Gasteiger partial charge < -0.3 is 9.84 Å². The van der Waals surface area contributed by atoms with E-state index in [0.29, 0.717) is 35.5 Å². The van der Waals surface area contributed by atoms with Crippen molar-refractivity contribution >= 4 is 12.1 Å². The Morgan fingerprint density at radius 3 is 2.68 bits per heavy atom. The van der Waals surface area contributed by atoms with Gasteiger partial charge in [0.15, 0.2) is 11.5 Å². The van der Waals surface area contributed by atoms with E-state index in [0.717, 1.165) is 5.56 Å². The summed E-state index contributed by atoms with van der Waals surface area (Å²) < 4.78 is 5.44. The number of ether oxygens (including phenoxy) is 1. The Balaban J connectivity index is 2.15. The second-order valence-corrected chi connectivity index (χ2v) is 5.52. The fourth-order valence-electron chi connectivity index (χ4n) is 2.28. The molecule has 2 aromatic carbocycles. The van der Waals surface area contributed by atoms with Crippen molar-refractivity contribution in [3.05, 3.63) is 71.3 Å². The molecule has 0 aliphatic carbocycles. The molecule has 0 spiro atoms. The molecule has 1 amide bonds. The van der Waals surface area contributed by atoms with Crippen LogP contribution in [0.25, 0.3) is 0 Å². The Labute approximate surface area is 147 Å². The van der Waals surface area contributed by atoms with Crippen molar-refractivity contribution < 1.29 is 14.6 Å². The SMILES string of the molecule is C=CCc1cc(/C=N\NC(=O)c2ccc(C)cc2)cc(OCC)c1O. The highest BCUT2D eigenvalue weighted by Crippen LogP contribution is 2.31. The van der Waals surface area contributed by atoms with E-state index in [4.69, 9.17) is 4.74 Å². The number of nitrogens with zero attached hydrogens (tertiary/aromatic N) is 1. The van der Waals surface area contributed by atoms with Crippen LogP contribution in [0.5, 0.6) is 11.5 Å². The van der Waals surface area contributed by atoms with E-state index in [9.17, 15) is 9.90 Å². The van der Waals surface area contributed by atoms with Gasteiger partial charge in [0.2, 0.25) is 0 Å². The van der Waals surface area contributed by atoms with E-state index in [1.165, 1.54) is 6.21 Å². The quantitative estimate of drug-likeness (QED) is 0.460. The van der Waals surface area contributed by atoms with Gasteiger partial charge in [0, 0.05) is 11.1 Å². The summed E-state index contributed by atoms with van der Waals surface area (Å²) in [6.07, 6.45) is 3.72. The van der Waals surface area contributed by atoms with Gasteiger partial charge in [0.05, 0.1) is 12.8 Å². The number of hydrogen-bond acceptors (Lipinski definition) is 4. The molecule has 0 saturated heterocycles. The van der Waals surface area contributed by atoms with Crippen molar-refractivity contribution in [1.82, 2.24) is 5.43 Å². The van der Waals surface area contributed by atoms with Crippen LogP contribution in [-0.4, -0.2) is 23.8 Å². The molecule has 0 aliphatic heterocycles. The van der Waals surface area contributed by atoms with Crippen LogP contribution in [0, 0.1) is 6.92 Å². The summed E-state index contributed by atoms with van der Waals surface area (Å²) in [5, 5.41) is 14.2. The van der Waals surface area contributed by atoms with Crippen molar-refractivity contribution in [3.8, 4) is 11.5 Å². The summed E-state index contributed by atoms with van der Waals surface area (Å²) in [6.45, 7) is 7.92. The first kappa shape index (κ1) is 18.3. The lowest BCUT2D eigenvalue weighted by Crippen LogP contribution is -2.17. The number of carbonyl (C=O) groups is 1. The van der Waals surface area contributed by atoms with E-state index in [1.54, 1.807) is 30.3 Å². The average Bonchev–Trinajstić information content (AvgIpc) is 2.59. The maximum Gasteiger partial charge on any atom is 0.271 e. The lowest BCUT2D eigenvalue weighted by Gasteiger charge is -2.10. The standard InChI is InChI=1S/C20H22N2O3/c1-4-6-17-11-15(12-18(19(17)23)25-5-2)13-21-22-20(24)16-9-7-14(3)8-10-16/h4,7-13,23H,1,5-6H2,2-3H3,(H,22,24)/b21-13-. The van der Waals surface area contributed by atoms with Crippen molar-refractivity contribution in [1.29, 1.82) is 0 Å². The third-order valence-corrected chi connectivity index (χ3v) is 3.53. The Kier molecular flexibility index (Phi) is 6.34. The van der Waals surface area contributed by atoms with E-state index < -0.39 is 0 Å². The number of carbonyl (C=O) groups excluding carboxylic acids is 1. The van der Waals surface area contributed by atoms with Gasteiger partial charge >= 0.3 is 0 Å². The predicted molar refractivity (Wildman–Crippen MR) is 99.4 cm³/mol. The zero-order valence-corrected chi connectivity index (χ0v) is 14.5. The molecule has 0 fully saturated rings. The van der Waals surface area contributed by atoms with E-state index >= 15 is 0 Å². The Morgan fingerprint density at radius 1 is 1.32 bits per heavy atom. The van der Waals surface area contributed by atoms with Crippen LogP contribution in [0.3, 0.4) is 0 Å². The van der Waals surface area contributed by atoms with Crippen LogP contribution in [0.1, 0.15) is 34.0 Å². The second kappa shape index (κ2) is 8.68. The van der Waals surface area contributed by atoms with Gasteiger partial charge in [-0.3, -0.25) is 4.79 Å². The Morgan fingerprint density at radius 2 is 2.04 bits per heavy atom. The first-order chi connectivity index (χ1) is 12.0. The predicted octanol–water partition coefficient (Wildman–Crippen LogP) is 3.59. The third-order valence-electron chi connectivity index (χ3n) is 3.53. The van der Waals surface area contributed by atoms with Gasteiger partial charge in [-0.15, -0.1) is 6.58 Å². The number of phenols is 1. The molecule has 25 heavy (non-hydrogen) atoms. The van der Waals surface area contributed by atoms with Crippen LogP contribution >= 0.6 is 0 Å². The van der Waals surface area contributed by atoms with Crippen LogP contribution < -0.4 is 10.2 Å². The minimum Gasteiger partial charge on any atom is -0.504 e. The molecule has 5 heteroatoms. The highest BCUT2D eigenvalue weighted by atomic mass is 16.5. The molecule has 0 unspecified atom stereocenters. The summed E-state index contributed by atoms with van der Waals surface area (Å²) in [6, 6.07) is 10.7. The zero-order chi connectivity index (χ0) is 18.2. The van der Waals surface area contributed by atoms with Crippen LogP contribution in [0.4, 0.5) is 0 Å². The van der Waals surface area contributed by atoms with Crippen LogP contribution in [0.15, 0.2) is 54.2 Å². The number of hydrazone groups is 1. The average molecular weight is 338 g/mol. The van der Waals surface area contributed by atoms with Gasteiger partial charge in [-0.1, -0.05) is 23.8 Å². The summed E-state index contributed by atoms with van der Waals surface area (Å²) in [4.78, 5) is 12.0. The molecule has 130 valence electrons. The maximum atomic E-state index is 12.0. The fourth-order valence-corrected chi connectivity index (χ4v) is 2.28. The van der Waals surface area contributed by atoms with E-state index in [2.05, 4.69) is 17.1 Å². The largest absolute Gasteiger partial charge is 0.504 e. The molecule has 2 aromatic rings. The van der Waals surface area contributed by atoms with Crippen molar-refractivity contribution in [3.63, 3.8) is 0 Å². The van der Waals surface area contributed by atoms with Gasteiger partial charge in [-0.05, 0) is 50.1 Å². The maximum absolute atomic E-state index is 12.0. The van der Waals surface area contributed by atoms with Crippen molar-refractivity contribution in [2.45, 2.75) is 20.3 Å². The monoisotopic (exact) mass is 338 g/mol. The zero-order valence-electron chi connectivity index (χ0n) is 14.5. The highest BCUT2D eigenvalue weighted by molar-refractivity contribution is 5.95. The summed E-state index contributed by atoms with van der Waals surface area (Å²) >= 11 is 0. The molecule has 2 rings (SSSR count). The topological polar surface area (TPSA) is 70.9 Å². The lowest BCUT2D eigenvalue weighted by atomic mass is 10.1. The molecule has 0 heterocycles. The Bertz CT molecular complexity index is 780. The van der Waals surface area contributed by atoms with Gasteiger partial charge in [0.1, 0.15) is 0 Å². The van der Waals surface area contributed by atoms with Gasteiger partial charge in [0.25, 0.3) is 5.91 Å². The lowest BCUT2D eigenvalue weighted by molar-refractivity contribution is 0.0955. The number of allylic oxidation sites excluding steroid dienone is 1. The van der Waals surface area contributed by atoms with Crippen LogP contribution in [0.2, 0.25) is 0 Å². The highest BCUT2D eigenvalue weighted by Gasteiger charge is 2.10. The smallest absolute Gasteiger partial charge is 0.271 e. The molecule has 5 nitrogen and oxygen atoms in total. The molecule has 2 N–H and O–H groups in total. The van der Waals surface area contributed by atoms with Crippen molar-refractivity contribution in [2.24, 2.45) is 5.10 Å². The molecule has 0 radical (unpaired) electrons. The third kappa shape index (κ3) is 4.94. The summed E-state index contributed by atoms with van der Waals surface area (Å²) in [5.74, 6) is 0.196. The minimum atomic E-state index is -0.286. The van der Waals surface area contributed by atoms with E-state index in [-0.39, 0.29) is 11.7 Å². The fraction of sp³-hybridized carbons (Fsp3) is 0.200. The van der Waals surface area contributed by atoms with Crippen LogP contribution in [-0.2, 0) is 6.42 Å². The normalized spacial score (nSPS) is 10.6. The summed E-state index contributed by atoms with van der Waals surface area (Å²) in [7, 11) is 0. The van der Waals surface area contributed by atoms with E-state index in [1.807, 2.05) is 26.0 Å².